The second-order valence-corrected chi connectivity index (χ2v) is 7.81. The Morgan fingerprint density at radius 1 is 1.13 bits per heavy atom. The number of benzene rings is 1. The first kappa shape index (κ1) is 19.7. The van der Waals surface area contributed by atoms with Gasteiger partial charge in [0.1, 0.15) is 17.5 Å². The number of pyridine rings is 1. The molecule has 0 spiro atoms. The average molecular weight is 397 g/mol. The van der Waals surface area contributed by atoms with Gasteiger partial charge in [0.25, 0.3) is 0 Å². The highest BCUT2D eigenvalue weighted by Gasteiger charge is 2.50. The average Bonchev–Trinajstić information content (AvgIpc) is 3.05. The molecule has 0 N–H and O–H groups in total. The Balaban J connectivity index is 2.06. The molecular formula is C24H23N5O. The van der Waals surface area contributed by atoms with Crippen molar-refractivity contribution in [1.29, 1.82) is 15.8 Å². The van der Waals surface area contributed by atoms with Crippen LogP contribution in [-0.4, -0.2) is 24.2 Å². The molecule has 3 heterocycles. The Morgan fingerprint density at radius 3 is 2.57 bits per heavy atom. The van der Waals surface area contributed by atoms with E-state index in [0.717, 1.165) is 54.7 Å². The van der Waals surface area contributed by atoms with Gasteiger partial charge in [0.15, 0.2) is 5.41 Å². The highest BCUT2D eigenvalue weighted by Crippen LogP contribution is 2.48. The molecule has 1 atom stereocenters. The van der Waals surface area contributed by atoms with Gasteiger partial charge in [-0.05, 0) is 25.3 Å². The van der Waals surface area contributed by atoms with E-state index in [9.17, 15) is 15.8 Å². The number of hydrogen-bond donors (Lipinski definition) is 0. The van der Waals surface area contributed by atoms with Gasteiger partial charge in [-0.3, -0.25) is 0 Å². The van der Waals surface area contributed by atoms with Gasteiger partial charge >= 0.3 is 0 Å². The molecule has 1 aromatic heterocycles. The zero-order valence-corrected chi connectivity index (χ0v) is 17.1. The van der Waals surface area contributed by atoms with Crippen molar-refractivity contribution in [3.05, 3.63) is 41.5 Å². The van der Waals surface area contributed by atoms with Crippen LogP contribution < -0.4 is 9.64 Å². The fourth-order valence-electron chi connectivity index (χ4n) is 4.79. The summed E-state index contributed by atoms with van der Waals surface area (Å²) in [4.78, 5) is 6.92. The third-order valence-corrected chi connectivity index (χ3v) is 6.15. The SMILES string of the molecule is CCOc1nc2c(c(-c3ccccc3)c1C#N)CC(C#N)(C#N)C1CCCCCN21. The number of nitriles is 3. The Morgan fingerprint density at radius 2 is 1.90 bits per heavy atom. The number of hydrogen-bond acceptors (Lipinski definition) is 6. The van der Waals surface area contributed by atoms with E-state index in [1.807, 2.05) is 37.3 Å². The van der Waals surface area contributed by atoms with Crippen LogP contribution in [0.25, 0.3) is 11.1 Å². The van der Waals surface area contributed by atoms with Gasteiger partial charge in [0.05, 0.1) is 24.8 Å². The summed E-state index contributed by atoms with van der Waals surface area (Å²) in [6, 6.07) is 16.4. The first-order chi connectivity index (χ1) is 14.7. The van der Waals surface area contributed by atoms with Crippen molar-refractivity contribution in [2.45, 2.75) is 45.1 Å². The van der Waals surface area contributed by atoms with Gasteiger partial charge in [-0.1, -0.05) is 43.2 Å². The van der Waals surface area contributed by atoms with E-state index in [4.69, 9.17) is 9.72 Å². The van der Waals surface area contributed by atoms with Crippen LogP contribution in [0.3, 0.4) is 0 Å². The molecule has 6 nitrogen and oxygen atoms in total. The summed E-state index contributed by atoms with van der Waals surface area (Å²) in [6.07, 6.45) is 4.08. The molecule has 6 heteroatoms. The van der Waals surface area contributed by atoms with Gasteiger partial charge in [-0.2, -0.15) is 20.8 Å². The van der Waals surface area contributed by atoms with Crippen LogP contribution in [0.2, 0.25) is 0 Å². The zero-order valence-electron chi connectivity index (χ0n) is 17.1. The van der Waals surface area contributed by atoms with Crippen molar-refractivity contribution in [2.24, 2.45) is 5.41 Å². The number of aromatic nitrogens is 1. The summed E-state index contributed by atoms with van der Waals surface area (Å²) < 4.78 is 5.78. The molecule has 2 aliphatic heterocycles. The first-order valence-electron chi connectivity index (χ1n) is 10.4. The first-order valence-corrected chi connectivity index (χ1v) is 10.4. The van der Waals surface area contributed by atoms with Gasteiger partial charge in [-0.25, -0.2) is 0 Å². The lowest BCUT2D eigenvalue weighted by Crippen LogP contribution is -2.52. The van der Waals surface area contributed by atoms with Crippen molar-refractivity contribution < 1.29 is 4.74 Å². The van der Waals surface area contributed by atoms with E-state index >= 15 is 0 Å². The molecule has 1 saturated heterocycles. The predicted octanol–water partition coefficient (Wildman–Crippen LogP) is 4.36. The second-order valence-electron chi connectivity index (χ2n) is 7.81. The molecule has 2 aliphatic rings. The van der Waals surface area contributed by atoms with E-state index in [1.54, 1.807) is 0 Å². The third kappa shape index (κ3) is 3.04. The molecule has 30 heavy (non-hydrogen) atoms. The minimum atomic E-state index is -1.16. The molecule has 0 bridgehead atoms. The number of nitrogens with zero attached hydrogens (tertiary/aromatic N) is 5. The topological polar surface area (TPSA) is 96.7 Å². The highest BCUT2D eigenvalue weighted by molar-refractivity contribution is 5.81. The maximum Gasteiger partial charge on any atom is 0.234 e. The van der Waals surface area contributed by atoms with Gasteiger partial charge in [0.2, 0.25) is 5.88 Å². The summed E-state index contributed by atoms with van der Waals surface area (Å²) in [5.41, 5.74) is 1.58. The van der Waals surface area contributed by atoms with Gasteiger partial charge in [0, 0.05) is 24.1 Å². The molecule has 4 rings (SSSR count). The highest BCUT2D eigenvalue weighted by atomic mass is 16.5. The van der Waals surface area contributed by atoms with Crippen molar-refractivity contribution in [3.8, 4) is 35.2 Å². The molecule has 1 unspecified atom stereocenters. The second kappa shape index (κ2) is 8.05. The summed E-state index contributed by atoms with van der Waals surface area (Å²) in [6.45, 7) is 3.01. The fourth-order valence-corrected chi connectivity index (χ4v) is 4.79. The molecule has 0 radical (unpaired) electrons. The largest absolute Gasteiger partial charge is 0.477 e. The molecule has 0 aliphatic carbocycles. The lowest BCUT2D eigenvalue weighted by molar-refractivity contribution is 0.319. The summed E-state index contributed by atoms with van der Waals surface area (Å²) in [5, 5.41) is 30.2. The maximum absolute atomic E-state index is 10.1. The number of anilines is 1. The van der Waals surface area contributed by atoms with E-state index in [1.165, 1.54) is 0 Å². The van der Waals surface area contributed by atoms with Gasteiger partial charge in [-0.15, -0.1) is 0 Å². The molecule has 0 amide bonds. The van der Waals surface area contributed by atoms with Crippen LogP contribution in [0.4, 0.5) is 5.82 Å². The Bertz CT molecular complexity index is 1060. The van der Waals surface area contributed by atoms with Gasteiger partial charge < -0.3 is 9.64 Å². The molecule has 1 fully saturated rings. The van der Waals surface area contributed by atoms with Crippen molar-refractivity contribution in [1.82, 2.24) is 4.98 Å². The predicted molar refractivity (Wildman–Crippen MR) is 113 cm³/mol. The lowest BCUT2D eigenvalue weighted by atomic mass is 9.71. The number of rotatable bonds is 3. The monoisotopic (exact) mass is 397 g/mol. The van der Waals surface area contributed by atoms with E-state index < -0.39 is 5.41 Å². The Kier molecular flexibility index (Phi) is 5.30. The summed E-state index contributed by atoms with van der Waals surface area (Å²) >= 11 is 0. The van der Waals surface area contributed by atoms with Crippen LogP contribution in [0.1, 0.15) is 43.7 Å². The minimum Gasteiger partial charge on any atom is -0.477 e. The zero-order chi connectivity index (χ0) is 21.1. The molecule has 1 aromatic carbocycles. The smallest absolute Gasteiger partial charge is 0.234 e. The van der Waals surface area contributed by atoms with E-state index in [-0.39, 0.29) is 12.5 Å². The third-order valence-electron chi connectivity index (χ3n) is 6.15. The lowest BCUT2D eigenvalue weighted by Gasteiger charge is -2.44. The van der Waals surface area contributed by atoms with E-state index in [2.05, 4.69) is 23.1 Å². The maximum atomic E-state index is 10.1. The van der Waals surface area contributed by atoms with Crippen molar-refractivity contribution in [2.75, 3.05) is 18.1 Å². The summed E-state index contributed by atoms with van der Waals surface area (Å²) in [5.74, 6) is 1.08. The fraction of sp³-hybridized carbons (Fsp3) is 0.417. The molecule has 150 valence electrons. The molecule has 0 saturated carbocycles. The summed E-state index contributed by atoms with van der Waals surface area (Å²) in [7, 11) is 0. The molecular weight excluding hydrogens is 374 g/mol. The standard InChI is InChI=1S/C24H23N5O/c1-2-30-23-19(14-25)21(17-9-5-3-6-10-17)18-13-24(15-26,16-27)20-11-7-4-8-12-29(20)22(18)28-23/h3,5-6,9-10,20H,2,4,7-8,11-13H2,1H3. The van der Waals surface area contributed by atoms with Crippen LogP contribution >= 0.6 is 0 Å². The van der Waals surface area contributed by atoms with Crippen LogP contribution in [0, 0.1) is 39.4 Å². The Labute approximate surface area is 176 Å². The van der Waals surface area contributed by atoms with Crippen molar-refractivity contribution in [3.63, 3.8) is 0 Å². The quantitative estimate of drug-likeness (QED) is 0.763. The van der Waals surface area contributed by atoms with Crippen LogP contribution in [0.15, 0.2) is 30.3 Å². The number of ether oxygens (including phenoxy) is 1. The minimum absolute atomic E-state index is 0.207. The van der Waals surface area contributed by atoms with E-state index in [0.29, 0.717) is 18.1 Å². The van der Waals surface area contributed by atoms with Crippen LogP contribution in [-0.2, 0) is 6.42 Å². The number of fused-ring (bicyclic) bond motifs is 3. The van der Waals surface area contributed by atoms with Crippen molar-refractivity contribution >= 4 is 5.82 Å². The Hall–Kier alpha value is -3.56. The molecule has 2 aromatic rings. The van der Waals surface area contributed by atoms with Crippen LogP contribution in [0.5, 0.6) is 5.88 Å². The normalized spacial score (nSPS) is 19.3.